The van der Waals surface area contributed by atoms with Crippen LogP contribution in [0.1, 0.15) is 41.1 Å². The predicted molar refractivity (Wildman–Crippen MR) is 148 cm³/mol. The molecule has 2 aliphatic rings. The lowest BCUT2D eigenvalue weighted by Crippen LogP contribution is -2.25. The molecule has 5 rings (SSSR count). The quantitative estimate of drug-likeness (QED) is 0.472. The Morgan fingerprint density at radius 1 is 1.03 bits per heavy atom. The van der Waals surface area contributed by atoms with Gasteiger partial charge in [0.15, 0.2) is 5.17 Å². The minimum atomic E-state index is -0.609. The van der Waals surface area contributed by atoms with E-state index in [-0.39, 0.29) is 24.3 Å². The molecule has 7 nitrogen and oxygen atoms in total. The zero-order valence-electron chi connectivity index (χ0n) is 21.0. The minimum absolute atomic E-state index is 0.00607. The zero-order valence-corrected chi connectivity index (χ0v) is 21.8. The molecule has 0 radical (unpaired) electrons. The van der Waals surface area contributed by atoms with Gasteiger partial charge in [-0.2, -0.15) is 10.1 Å². The normalized spacial score (nSPS) is 19.0. The Hall–Kier alpha value is -3.91. The zero-order chi connectivity index (χ0) is 25.9. The van der Waals surface area contributed by atoms with E-state index >= 15 is 0 Å². The van der Waals surface area contributed by atoms with Crippen molar-refractivity contribution in [3.63, 3.8) is 0 Å². The van der Waals surface area contributed by atoms with E-state index in [1.54, 1.807) is 19.2 Å². The summed E-state index contributed by atoms with van der Waals surface area (Å²) in [6.45, 7) is 4.11. The molecule has 3 aromatic rings. The van der Waals surface area contributed by atoms with Gasteiger partial charge in [0.05, 0.1) is 24.6 Å². The van der Waals surface area contributed by atoms with Gasteiger partial charge in [-0.3, -0.25) is 9.59 Å². The summed E-state index contributed by atoms with van der Waals surface area (Å²) in [7, 11) is 1.55. The molecular formula is C29H28N4O3S. The summed E-state index contributed by atoms with van der Waals surface area (Å²) in [5, 5.41) is 9.52. The molecule has 0 bridgehead atoms. The van der Waals surface area contributed by atoms with E-state index in [2.05, 4.69) is 72.7 Å². The van der Waals surface area contributed by atoms with Gasteiger partial charge in [0.25, 0.3) is 5.91 Å². The van der Waals surface area contributed by atoms with Gasteiger partial charge in [0, 0.05) is 12.8 Å². The molecule has 0 spiro atoms. The minimum Gasteiger partial charge on any atom is -0.495 e. The highest BCUT2D eigenvalue weighted by atomic mass is 32.2. The lowest BCUT2D eigenvalue weighted by Gasteiger charge is -2.23. The molecule has 188 valence electrons. The molecule has 8 heteroatoms. The van der Waals surface area contributed by atoms with E-state index in [9.17, 15) is 9.59 Å². The van der Waals surface area contributed by atoms with Gasteiger partial charge in [-0.25, -0.2) is 5.01 Å². The SMILES string of the molecule is COc1ccccc1NC(=O)C[C@H]1SC(N2N=C(c3ccc(C)cc3)C[C@@H]2c2ccc(C)cc2)=NC1=O. The number of nitrogens with one attached hydrogen (secondary N) is 1. The van der Waals surface area contributed by atoms with Crippen molar-refractivity contribution in [3.05, 3.63) is 95.1 Å². The number of anilines is 1. The highest BCUT2D eigenvalue weighted by Gasteiger charge is 2.39. The number of carbonyl (C=O) groups is 2. The Balaban J connectivity index is 1.35. The number of benzene rings is 3. The number of ether oxygens (including phenoxy) is 1. The Kier molecular flexibility index (Phi) is 7.10. The molecule has 37 heavy (non-hydrogen) atoms. The molecule has 2 amide bonds. The van der Waals surface area contributed by atoms with Gasteiger partial charge in [0.2, 0.25) is 5.91 Å². The van der Waals surface area contributed by atoms with Crippen LogP contribution in [0.25, 0.3) is 0 Å². The van der Waals surface area contributed by atoms with Crippen LogP contribution in [-0.4, -0.2) is 40.1 Å². The first-order valence-electron chi connectivity index (χ1n) is 12.1. The number of amides is 2. The van der Waals surface area contributed by atoms with E-state index in [0.717, 1.165) is 16.8 Å². The molecule has 0 aliphatic carbocycles. The first kappa shape index (κ1) is 24.8. The molecule has 0 fully saturated rings. The number of amidine groups is 1. The van der Waals surface area contributed by atoms with Crippen molar-refractivity contribution < 1.29 is 14.3 Å². The number of aryl methyl sites for hydroxylation is 2. The molecule has 0 saturated carbocycles. The van der Waals surface area contributed by atoms with Gasteiger partial charge in [-0.05, 0) is 37.1 Å². The van der Waals surface area contributed by atoms with Crippen LogP contribution in [0.3, 0.4) is 0 Å². The van der Waals surface area contributed by atoms with E-state index in [0.29, 0.717) is 23.0 Å². The number of hydrazone groups is 1. The summed E-state index contributed by atoms with van der Waals surface area (Å²) in [6, 6.07) is 23.7. The lowest BCUT2D eigenvalue weighted by molar-refractivity contribution is -0.121. The molecule has 3 aromatic carbocycles. The van der Waals surface area contributed by atoms with Gasteiger partial charge in [-0.1, -0.05) is 83.6 Å². The van der Waals surface area contributed by atoms with Crippen molar-refractivity contribution in [2.75, 3.05) is 12.4 Å². The maximum absolute atomic E-state index is 12.8. The highest BCUT2D eigenvalue weighted by molar-refractivity contribution is 8.15. The molecule has 0 aromatic heterocycles. The average Bonchev–Trinajstić information content (AvgIpc) is 3.49. The van der Waals surface area contributed by atoms with Crippen molar-refractivity contribution in [2.45, 2.75) is 38.0 Å². The summed E-state index contributed by atoms with van der Waals surface area (Å²) < 4.78 is 5.31. The van der Waals surface area contributed by atoms with E-state index in [4.69, 9.17) is 9.84 Å². The van der Waals surface area contributed by atoms with Crippen LogP contribution in [-0.2, 0) is 9.59 Å². The monoisotopic (exact) mass is 512 g/mol. The summed E-state index contributed by atoms with van der Waals surface area (Å²) in [4.78, 5) is 29.9. The van der Waals surface area contributed by atoms with Crippen molar-refractivity contribution >= 4 is 40.1 Å². The third-order valence-electron chi connectivity index (χ3n) is 6.43. The van der Waals surface area contributed by atoms with Crippen LogP contribution in [0, 0.1) is 13.8 Å². The Morgan fingerprint density at radius 3 is 2.41 bits per heavy atom. The summed E-state index contributed by atoms with van der Waals surface area (Å²) in [6.07, 6.45) is 0.699. The summed E-state index contributed by atoms with van der Waals surface area (Å²) >= 11 is 1.29. The number of carbonyl (C=O) groups excluding carboxylic acids is 2. The molecule has 0 saturated heterocycles. The smallest absolute Gasteiger partial charge is 0.262 e. The Bertz CT molecular complexity index is 1380. The maximum Gasteiger partial charge on any atom is 0.262 e. The topological polar surface area (TPSA) is 83.4 Å². The largest absolute Gasteiger partial charge is 0.495 e. The van der Waals surface area contributed by atoms with Crippen molar-refractivity contribution in [2.24, 2.45) is 10.1 Å². The number of aliphatic imine (C=N–C) groups is 1. The van der Waals surface area contributed by atoms with Crippen molar-refractivity contribution in [3.8, 4) is 5.75 Å². The lowest BCUT2D eigenvalue weighted by atomic mass is 9.97. The fourth-order valence-corrected chi connectivity index (χ4v) is 5.44. The highest BCUT2D eigenvalue weighted by Crippen LogP contribution is 2.39. The van der Waals surface area contributed by atoms with E-state index in [1.165, 1.54) is 22.9 Å². The maximum atomic E-state index is 12.8. The predicted octanol–water partition coefficient (Wildman–Crippen LogP) is 5.49. The summed E-state index contributed by atoms with van der Waals surface area (Å²) in [5.41, 5.74) is 6.02. The first-order chi connectivity index (χ1) is 17.9. The Labute approximate surface area is 220 Å². The van der Waals surface area contributed by atoms with Crippen LogP contribution in [0.15, 0.2) is 82.9 Å². The molecule has 1 N–H and O–H groups in total. The fourth-order valence-electron chi connectivity index (χ4n) is 4.38. The average molecular weight is 513 g/mol. The second-order valence-corrected chi connectivity index (χ2v) is 10.3. The molecular weight excluding hydrogens is 484 g/mol. The van der Waals surface area contributed by atoms with Crippen LogP contribution < -0.4 is 10.1 Å². The molecule has 2 atom stereocenters. The fraction of sp³-hybridized carbons (Fsp3) is 0.241. The molecule has 2 heterocycles. The van der Waals surface area contributed by atoms with Gasteiger partial charge >= 0.3 is 0 Å². The molecule has 0 unspecified atom stereocenters. The number of thioether (sulfide) groups is 1. The van der Waals surface area contributed by atoms with Crippen LogP contribution in [0.2, 0.25) is 0 Å². The second kappa shape index (κ2) is 10.6. The number of hydrogen-bond acceptors (Lipinski definition) is 6. The van der Waals surface area contributed by atoms with Crippen LogP contribution in [0.4, 0.5) is 5.69 Å². The Morgan fingerprint density at radius 2 is 1.70 bits per heavy atom. The number of hydrogen-bond donors (Lipinski definition) is 1. The van der Waals surface area contributed by atoms with E-state index < -0.39 is 5.25 Å². The number of rotatable bonds is 6. The first-order valence-corrected chi connectivity index (χ1v) is 13.0. The van der Waals surface area contributed by atoms with Crippen molar-refractivity contribution in [1.29, 1.82) is 0 Å². The molecule has 2 aliphatic heterocycles. The standard InChI is InChI=1S/C29H28N4O3S/c1-18-8-12-20(13-9-18)23-16-24(21-14-10-19(2)11-15-21)33(32-23)29-31-28(35)26(37-29)17-27(34)30-22-6-4-5-7-25(22)36-3/h4-15,24,26H,16-17H2,1-3H3,(H,30,34)/t24-,26-/m1/s1. The van der Waals surface area contributed by atoms with Gasteiger partial charge in [-0.15, -0.1) is 0 Å². The van der Waals surface area contributed by atoms with Crippen LogP contribution >= 0.6 is 11.8 Å². The number of nitrogens with zero attached hydrogens (tertiary/aromatic N) is 3. The van der Waals surface area contributed by atoms with Gasteiger partial charge in [0.1, 0.15) is 11.0 Å². The van der Waals surface area contributed by atoms with Gasteiger partial charge < -0.3 is 10.1 Å². The summed E-state index contributed by atoms with van der Waals surface area (Å²) in [5.74, 6) is -0.0295. The second-order valence-electron chi connectivity index (χ2n) is 9.18. The van der Waals surface area contributed by atoms with Crippen molar-refractivity contribution in [1.82, 2.24) is 5.01 Å². The van der Waals surface area contributed by atoms with Crippen LogP contribution in [0.5, 0.6) is 5.75 Å². The third kappa shape index (κ3) is 5.44. The van der Waals surface area contributed by atoms with E-state index in [1.807, 2.05) is 17.1 Å². The number of methoxy groups -OCH3 is 1. The number of para-hydroxylation sites is 2. The third-order valence-corrected chi connectivity index (χ3v) is 7.58.